The minimum absolute atomic E-state index is 0.0217. The Morgan fingerprint density at radius 1 is 0.957 bits per heavy atom. The average molecular weight is 316 g/mol. The highest BCUT2D eigenvalue weighted by molar-refractivity contribution is 5.98. The second-order valence-corrected chi connectivity index (χ2v) is 5.84. The van der Waals surface area contributed by atoms with E-state index in [2.05, 4.69) is 10.6 Å². The van der Waals surface area contributed by atoms with E-state index in [1.807, 2.05) is 25.1 Å². The third kappa shape index (κ3) is 5.20. The largest absolute Gasteiger partial charge is 0.355 e. The van der Waals surface area contributed by atoms with Crippen molar-refractivity contribution in [3.05, 3.63) is 34.9 Å². The van der Waals surface area contributed by atoms with Crippen molar-refractivity contribution in [1.29, 1.82) is 0 Å². The number of hydrogen-bond acceptors (Lipinski definition) is 3. The van der Waals surface area contributed by atoms with E-state index in [1.165, 1.54) is 24.0 Å². The summed E-state index contributed by atoms with van der Waals surface area (Å²) in [7, 11) is 0. The molecule has 0 aromatic heterocycles. The Bertz CT molecular complexity index is 596. The van der Waals surface area contributed by atoms with Gasteiger partial charge in [0.25, 0.3) is 0 Å². The van der Waals surface area contributed by atoms with Crippen molar-refractivity contribution in [2.75, 3.05) is 13.1 Å². The number of Topliss-reactive ketones (excluding diaryl/α,β-unsaturated/α-hetero) is 1. The summed E-state index contributed by atoms with van der Waals surface area (Å²) in [5, 5.41) is 5.12. The number of nitrogens with one attached hydrogen (secondary N) is 2. The molecule has 0 unspecified atom stereocenters. The van der Waals surface area contributed by atoms with Gasteiger partial charge in [0.2, 0.25) is 11.8 Å². The van der Waals surface area contributed by atoms with Crippen LogP contribution in [0.5, 0.6) is 0 Å². The van der Waals surface area contributed by atoms with E-state index in [9.17, 15) is 14.4 Å². The molecule has 2 amide bonds. The van der Waals surface area contributed by atoms with Gasteiger partial charge < -0.3 is 10.6 Å². The summed E-state index contributed by atoms with van der Waals surface area (Å²) in [5.41, 5.74) is 3.29. The number of carbonyl (C=O) groups excluding carboxylic acids is 3. The number of rotatable bonds is 7. The van der Waals surface area contributed by atoms with E-state index < -0.39 is 0 Å². The molecule has 0 bridgehead atoms. The molecule has 0 fully saturated rings. The lowest BCUT2D eigenvalue weighted by molar-refractivity contribution is -0.126. The zero-order valence-electron chi connectivity index (χ0n) is 13.6. The number of hydrogen-bond donors (Lipinski definition) is 2. The van der Waals surface area contributed by atoms with Crippen LogP contribution < -0.4 is 10.6 Å². The van der Waals surface area contributed by atoms with Gasteiger partial charge in [0.05, 0.1) is 6.54 Å². The Morgan fingerprint density at radius 3 is 2.43 bits per heavy atom. The van der Waals surface area contributed by atoms with E-state index in [0.717, 1.165) is 12.8 Å². The van der Waals surface area contributed by atoms with E-state index >= 15 is 0 Å². The molecule has 2 N–H and O–H groups in total. The Kier molecular flexibility index (Phi) is 6.32. The number of carbonyl (C=O) groups is 3. The molecule has 0 saturated heterocycles. The summed E-state index contributed by atoms with van der Waals surface area (Å²) in [6.45, 7) is 2.31. The predicted molar refractivity (Wildman–Crippen MR) is 88.3 cm³/mol. The van der Waals surface area contributed by atoms with Crippen molar-refractivity contribution in [2.45, 2.75) is 45.4 Å². The third-order valence-corrected chi connectivity index (χ3v) is 4.07. The fourth-order valence-corrected chi connectivity index (χ4v) is 2.81. The molecule has 23 heavy (non-hydrogen) atoms. The van der Waals surface area contributed by atoms with E-state index in [4.69, 9.17) is 0 Å². The first kappa shape index (κ1) is 17.2. The zero-order valence-corrected chi connectivity index (χ0v) is 13.6. The minimum Gasteiger partial charge on any atom is -0.355 e. The minimum atomic E-state index is -0.275. The molecule has 5 heteroatoms. The molecule has 2 rings (SSSR count). The first-order valence-electron chi connectivity index (χ1n) is 8.28. The number of ketones is 1. The Labute approximate surface area is 136 Å². The molecule has 0 saturated carbocycles. The topological polar surface area (TPSA) is 75.3 Å². The van der Waals surface area contributed by atoms with Crippen LogP contribution in [-0.2, 0) is 22.4 Å². The Morgan fingerprint density at radius 2 is 1.70 bits per heavy atom. The average Bonchev–Trinajstić information content (AvgIpc) is 2.57. The fraction of sp³-hybridized carbons (Fsp3) is 0.500. The molecule has 0 atom stereocenters. The van der Waals surface area contributed by atoms with Crippen LogP contribution >= 0.6 is 0 Å². The monoisotopic (exact) mass is 316 g/mol. The summed E-state index contributed by atoms with van der Waals surface area (Å²) in [4.78, 5) is 35.1. The molecule has 5 nitrogen and oxygen atoms in total. The first-order chi connectivity index (χ1) is 11.1. The third-order valence-electron chi connectivity index (χ3n) is 4.07. The van der Waals surface area contributed by atoms with Gasteiger partial charge in [-0.25, -0.2) is 0 Å². The summed E-state index contributed by atoms with van der Waals surface area (Å²) in [6, 6.07) is 5.87. The van der Waals surface area contributed by atoms with Gasteiger partial charge in [0.15, 0.2) is 5.78 Å². The van der Waals surface area contributed by atoms with Crippen LogP contribution in [0.1, 0.15) is 54.1 Å². The molecular weight excluding hydrogens is 292 g/mol. The van der Waals surface area contributed by atoms with Gasteiger partial charge in [-0.3, -0.25) is 14.4 Å². The van der Waals surface area contributed by atoms with Crippen LogP contribution in [0.15, 0.2) is 18.2 Å². The molecule has 124 valence electrons. The SMILES string of the molecule is CCNC(=O)CNC(=O)CCC(=O)c1ccc2c(c1)CCCC2. The van der Waals surface area contributed by atoms with Gasteiger partial charge in [-0.05, 0) is 49.8 Å². The Hall–Kier alpha value is -2.17. The number of amides is 2. The van der Waals surface area contributed by atoms with Crippen molar-refractivity contribution in [3.8, 4) is 0 Å². The van der Waals surface area contributed by atoms with Crippen molar-refractivity contribution < 1.29 is 14.4 Å². The maximum atomic E-state index is 12.2. The number of likely N-dealkylation sites (N-methyl/N-ethyl adjacent to an activating group) is 1. The van der Waals surface area contributed by atoms with Crippen molar-refractivity contribution in [2.24, 2.45) is 0 Å². The second-order valence-electron chi connectivity index (χ2n) is 5.84. The molecular formula is C18H24N2O3. The summed E-state index contributed by atoms with van der Waals surface area (Å²) in [5.74, 6) is -0.518. The molecule has 1 aromatic rings. The number of benzene rings is 1. The van der Waals surface area contributed by atoms with Crippen LogP contribution in [0.4, 0.5) is 0 Å². The lowest BCUT2D eigenvalue weighted by Gasteiger charge is -2.16. The van der Waals surface area contributed by atoms with Crippen LogP contribution in [0.25, 0.3) is 0 Å². The molecule has 0 aliphatic heterocycles. The smallest absolute Gasteiger partial charge is 0.239 e. The Balaban J connectivity index is 1.80. The van der Waals surface area contributed by atoms with Crippen LogP contribution in [0.3, 0.4) is 0 Å². The number of aryl methyl sites for hydroxylation is 2. The molecule has 0 spiro atoms. The fourth-order valence-electron chi connectivity index (χ4n) is 2.81. The van der Waals surface area contributed by atoms with Crippen LogP contribution in [-0.4, -0.2) is 30.7 Å². The highest BCUT2D eigenvalue weighted by Gasteiger charge is 2.14. The summed E-state index contributed by atoms with van der Waals surface area (Å²) >= 11 is 0. The molecule has 1 aliphatic carbocycles. The van der Waals surface area contributed by atoms with Crippen LogP contribution in [0, 0.1) is 0 Å². The predicted octanol–water partition coefficient (Wildman–Crippen LogP) is 1.78. The summed E-state index contributed by atoms with van der Waals surface area (Å²) < 4.78 is 0. The van der Waals surface area contributed by atoms with E-state index in [0.29, 0.717) is 12.1 Å². The lowest BCUT2D eigenvalue weighted by Crippen LogP contribution is -2.36. The summed E-state index contributed by atoms with van der Waals surface area (Å²) in [6.07, 6.45) is 4.78. The highest BCUT2D eigenvalue weighted by Crippen LogP contribution is 2.22. The van der Waals surface area contributed by atoms with Gasteiger partial charge >= 0.3 is 0 Å². The van der Waals surface area contributed by atoms with E-state index in [-0.39, 0.29) is 37.0 Å². The highest BCUT2D eigenvalue weighted by atomic mass is 16.2. The quantitative estimate of drug-likeness (QED) is 0.753. The van der Waals surface area contributed by atoms with Gasteiger partial charge in [0.1, 0.15) is 0 Å². The van der Waals surface area contributed by atoms with Gasteiger partial charge in [-0.15, -0.1) is 0 Å². The standard InChI is InChI=1S/C18H24N2O3/c1-2-19-18(23)12-20-17(22)10-9-16(21)15-8-7-13-5-3-4-6-14(13)11-15/h7-8,11H,2-6,9-10,12H2,1H3,(H,19,23)(H,20,22). The van der Waals surface area contributed by atoms with Crippen LogP contribution in [0.2, 0.25) is 0 Å². The molecule has 1 aromatic carbocycles. The van der Waals surface area contributed by atoms with Gasteiger partial charge in [-0.1, -0.05) is 12.1 Å². The van der Waals surface area contributed by atoms with E-state index in [1.54, 1.807) is 0 Å². The van der Waals surface area contributed by atoms with Crippen molar-refractivity contribution in [1.82, 2.24) is 10.6 Å². The van der Waals surface area contributed by atoms with Crippen molar-refractivity contribution >= 4 is 17.6 Å². The maximum absolute atomic E-state index is 12.2. The maximum Gasteiger partial charge on any atom is 0.239 e. The molecule has 0 heterocycles. The lowest BCUT2D eigenvalue weighted by atomic mass is 9.89. The normalized spacial score (nSPS) is 13.1. The molecule has 1 aliphatic rings. The van der Waals surface area contributed by atoms with Crippen molar-refractivity contribution in [3.63, 3.8) is 0 Å². The second kappa shape index (κ2) is 8.46. The first-order valence-corrected chi connectivity index (χ1v) is 8.28. The van der Waals surface area contributed by atoms with Gasteiger partial charge in [-0.2, -0.15) is 0 Å². The van der Waals surface area contributed by atoms with Gasteiger partial charge in [0, 0.05) is 24.9 Å². The zero-order chi connectivity index (χ0) is 16.7. The molecule has 0 radical (unpaired) electrons. The number of fused-ring (bicyclic) bond motifs is 1.